The van der Waals surface area contributed by atoms with Gasteiger partial charge in [0.05, 0.1) is 18.5 Å². The van der Waals surface area contributed by atoms with E-state index in [9.17, 15) is 9.18 Å². The van der Waals surface area contributed by atoms with Crippen LogP contribution in [0.4, 0.5) is 9.18 Å². The molecule has 1 aliphatic heterocycles. The highest BCUT2D eigenvalue weighted by Gasteiger charge is 2.19. The van der Waals surface area contributed by atoms with Crippen LogP contribution in [-0.2, 0) is 4.74 Å². The predicted octanol–water partition coefficient (Wildman–Crippen LogP) is 5.00. The highest BCUT2D eigenvalue weighted by atomic mass is 32.2. The van der Waals surface area contributed by atoms with Gasteiger partial charge in [-0.25, -0.2) is 18.7 Å². The molecule has 162 valence electrons. The molecular formula is C21H21FN4O3S2. The molecule has 0 saturated carbocycles. The van der Waals surface area contributed by atoms with Gasteiger partial charge in [0.1, 0.15) is 11.9 Å². The van der Waals surface area contributed by atoms with Crippen molar-refractivity contribution >= 4 is 34.2 Å². The number of hydrogen-bond acceptors (Lipinski definition) is 7. The second kappa shape index (κ2) is 9.11. The van der Waals surface area contributed by atoms with Crippen molar-refractivity contribution in [2.24, 2.45) is 0 Å². The lowest BCUT2D eigenvalue weighted by atomic mass is 10.1. The molecule has 0 radical (unpaired) electrons. The molecule has 31 heavy (non-hydrogen) atoms. The van der Waals surface area contributed by atoms with E-state index in [4.69, 9.17) is 9.47 Å². The van der Waals surface area contributed by atoms with E-state index < -0.39 is 0 Å². The minimum atomic E-state index is -0.376. The minimum absolute atomic E-state index is 0.257. The summed E-state index contributed by atoms with van der Waals surface area (Å²) < 4.78 is 26.9. The van der Waals surface area contributed by atoms with Crippen molar-refractivity contribution < 1.29 is 18.7 Å². The van der Waals surface area contributed by atoms with Crippen molar-refractivity contribution in [3.8, 4) is 16.5 Å². The number of amides is 1. The molecule has 3 heterocycles. The van der Waals surface area contributed by atoms with Gasteiger partial charge in [-0.3, -0.25) is 4.90 Å². The van der Waals surface area contributed by atoms with E-state index in [2.05, 4.69) is 10.1 Å². The summed E-state index contributed by atoms with van der Waals surface area (Å²) in [5.41, 5.74) is 1.90. The number of carbonyl (C=O) groups excluding carboxylic acids is 1. The van der Waals surface area contributed by atoms with Crippen molar-refractivity contribution in [2.75, 3.05) is 19.4 Å². The number of hydrogen-bond donors (Lipinski definition) is 0. The second-order valence-corrected chi connectivity index (χ2v) is 8.50. The normalized spacial score (nSPS) is 14.6. The number of halogens is 1. The van der Waals surface area contributed by atoms with E-state index >= 15 is 0 Å². The number of aromatic nitrogens is 3. The molecule has 0 bridgehead atoms. The van der Waals surface area contributed by atoms with Crippen molar-refractivity contribution in [3.63, 3.8) is 0 Å². The Morgan fingerprint density at radius 3 is 2.90 bits per heavy atom. The van der Waals surface area contributed by atoms with Crippen LogP contribution in [-0.4, -0.2) is 51.1 Å². The quantitative estimate of drug-likeness (QED) is 0.482. The molecule has 0 fully saturated rings. The minimum Gasteiger partial charge on any atom is -0.461 e. The van der Waals surface area contributed by atoms with Gasteiger partial charge in [-0.05, 0) is 61.3 Å². The fraction of sp³-hybridized carbons (Fsp3) is 0.286. The second-order valence-electron chi connectivity index (χ2n) is 6.70. The van der Waals surface area contributed by atoms with Crippen LogP contribution in [0.3, 0.4) is 0 Å². The molecule has 3 aromatic rings. The van der Waals surface area contributed by atoms with Gasteiger partial charge in [0.15, 0.2) is 0 Å². The third-order valence-corrected chi connectivity index (χ3v) is 6.24. The predicted molar refractivity (Wildman–Crippen MR) is 119 cm³/mol. The van der Waals surface area contributed by atoms with E-state index in [0.717, 1.165) is 10.5 Å². The molecule has 7 nitrogen and oxygen atoms in total. The molecule has 0 spiro atoms. The lowest BCUT2D eigenvalue weighted by Crippen LogP contribution is -2.29. The first kappa shape index (κ1) is 21.4. The monoisotopic (exact) mass is 460 g/mol. The highest BCUT2D eigenvalue weighted by Crippen LogP contribution is 2.30. The van der Waals surface area contributed by atoms with Crippen LogP contribution in [0.2, 0.25) is 0 Å². The fourth-order valence-corrected chi connectivity index (χ4v) is 4.29. The van der Waals surface area contributed by atoms with Crippen LogP contribution in [0.5, 0.6) is 5.19 Å². The number of benzene rings is 1. The summed E-state index contributed by atoms with van der Waals surface area (Å²) in [5.74, 6) is -0.310. The molecule has 1 aliphatic rings. The lowest BCUT2D eigenvalue weighted by Gasteiger charge is -2.22. The van der Waals surface area contributed by atoms with Gasteiger partial charge < -0.3 is 9.47 Å². The number of carbonyl (C=O) groups is 1. The third-order valence-electron chi connectivity index (χ3n) is 4.70. The van der Waals surface area contributed by atoms with Crippen molar-refractivity contribution in [1.29, 1.82) is 0 Å². The average molecular weight is 461 g/mol. The first-order valence-electron chi connectivity index (χ1n) is 9.67. The maximum absolute atomic E-state index is 14.4. The summed E-state index contributed by atoms with van der Waals surface area (Å²) in [6.45, 7) is 4.44. The molecule has 0 N–H and O–H groups in total. The summed E-state index contributed by atoms with van der Waals surface area (Å²) >= 11 is 2.78. The van der Waals surface area contributed by atoms with E-state index in [0.29, 0.717) is 34.6 Å². The Morgan fingerprint density at radius 1 is 1.42 bits per heavy atom. The zero-order valence-corrected chi connectivity index (χ0v) is 18.9. The van der Waals surface area contributed by atoms with Crippen molar-refractivity contribution in [3.05, 3.63) is 54.1 Å². The summed E-state index contributed by atoms with van der Waals surface area (Å²) in [5, 5.41) is 4.87. The summed E-state index contributed by atoms with van der Waals surface area (Å²) in [7, 11) is 0. The Hall–Kier alpha value is -2.85. The zero-order valence-electron chi connectivity index (χ0n) is 17.2. The summed E-state index contributed by atoms with van der Waals surface area (Å²) in [4.78, 5) is 19.2. The average Bonchev–Trinajstić information content (AvgIpc) is 3.32. The number of ether oxygens (including phenoxy) is 2. The Labute approximate surface area is 187 Å². The van der Waals surface area contributed by atoms with Crippen LogP contribution in [0, 0.1) is 5.82 Å². The lowest BCUT2D eigenvalue weighted by molar-refractivity contribution is 0.124. The van der Waals surface area contributed by atoms with Crippen LogP contribution >= 0.6 is 23.1 Å². The maximum Gasteiger partial charge on any atom is 0.414 e. The van der Waals surface area contributed by atoms with Gasteiger partial charge in [-0.1, -0.05) is 6.08 Å². The van der Waals surface area contributed by atoms with Gasteiger partial charge in [0.2, 0.25) is 4.96 Å². The van der Waals surface area contributed by atoms with E-state index in [1.807, 2.05) is 31.4 Å². The van der Waals surface area contributed by atoms with Gasteiger partial charge >= 0.3 is 6.09 Å². The Kier molecular flexibility index (Phi) is 6.28. The number of nitrogens with zero attached hydrogens (tertiary/aromatic N) is 4. The van der Waals surface area contributed by atoms with Crippen LogP contribution in [0.25, 0.3) is 16.2 Å². The summed E-state index contributed by atoms with van der Waals surface area (Å²) in [6.07, 6.45) is 8.39. The van der Waals surface area contributed by atoms with Crippen LogP contribution < -0.4 is 4.74 Å². The topological polar surface area (TPSA) is 69.0 Å². The van der Waals surface area contributed by atoms with Crippen LogP contribution in [0.15, 0.2) is 53.2 Å². The molecule has 4 rings (SSSR count). The first-order chi connectivity index (χ1) is 15.0. The number of thioether (sulfide) groups is 1. The molecule has 1 aromatic carbocycles. The third kappa shape index (κ3) is 4.59. The Morgan fingerprint density at radius 2 is 2.26 bits per heavy atom. The van der Waals surface area contributed by atoms with Gasteiger partial charge in [-0.2, -0.15) is 0 Å². The SMILES string of the molecule is CCOC(=O)N1C=CC(C(C)Oc2nn3cc(-c4ccc(SC)cc4F)nc3s2)=CC1. The van der Waals surface area contributed by atoms with E-state index in [1.165, 1.54) is 34.1 Å². The van der Waals surface area contributed by atoms with Crippen LogP contribution in [0.1, 0.15) is 13.8 Å². The molecule has 10 heteroatoms. The smallest absolute Gasteiger partial charge is 0.414 e. The molecular weight excluding hydrogens is 439 g/mol. The maximum atomic E-state index is 14.4. The molecule has 0 aliphatic carbocycles. The standard InChI is InChI=1S/C21H21FN4O3S2/c1-4-28-21(27)25-9-7-14(8-10-25)13(2)29-20-24-26-12-18(23-19(26)31-20)16-6-5-15(30-3)11-17(16)22/h5-9,11-13H,4,10H2,1-3H3. The first-order valence-corrected chi connectivity index (χ1v) is 11.7. The number of rotatable bonds is 6. The zero-order chi connectivity index (χ0) is 22.0. The molecule has 1 unspecified atom stereocenters. The van der Waals surface area contributed by atoms with Crippen molar-refractivity contribution in [1.82, 2.24) is 19.5 Å². The molecule has 0 saturated heterocycles. The largest absolute Gasteiger partial charge is 0.461 e. The number of fused-ring (bicyclic) bond motifs is 1. The molecule has 1 amide bonds. The molecule has 1 atom stereocenters. The fourth-order valence-electron chi connectivity index (χ4n) is 3.06. The molecule has 2 aromatic heterocycles. The summed E-state index contributed by atoms with van der Waals surface area (Å²) in [6, 6.07) is 5.11. The van der Waals surface area contributed by atoms with Gasteiger partial charge in [0.25, 0.3) is 5.19 Å². The number of imidazole rings is 1. The highest BCUT2D eigenvalue weighted by molar-refractivity contribution is 7.98. The Balaban J connectivity index is 1.44. The van der Waals surface area contributed by atoms with Gasteiger partial charge in [0, 0.05) is 23.2 Å². The van der Waals surface area contributed by atoms with Crippen molar-refractivity contribution in [2.45, 2.75) is 24.8 Å². The van der Waals surface area contributed by atoms with Gasteiger partial charge in [-0.15, -0.1) is 16.9 Å². The van der Waals surface area contributed by atoms with E-state index in [-0.39, 0.29) is 18.0 Å². The van der Waals surface area contributed by atoms with E-state index in [1.54, 1.807) is 29.9 Å². The Bertz CT molecular complexity index is 1140.